The van der Waals surface area contributed by atoms with Crippen LogP contribution in [0, 0.1) is 33.6 Å². The van der Waals surface area contributed by atoms with Crippen LogP contribution in [0.15, 0.2) is 36.4 Å². The fourth-order valence-electron chi connectivity index (χ4n) is 4.75. The highest BCUT2D eigenvalue weighted by Gasteiger charge is 2.47. The second kappa shape index (κ2) is 11.0. The molecule has 0 saturated heterocycles. The number of nitrogens with one attached hydrogen (secondary N) is 2. The van der Waals surface area contributed by atoms with Crippen molar-refractivity contribution in [3.05, 3.63) is 64.2 Å². The Bertz CT molecular complexity index is 1140. The van der Waals surface area contributed by atoms with Crippen LogP contribution in [0.5, 0.6) is 0 Å². The first-order chi connectivity index (χ1) is 17.2. The van der Waals surface area contributed by atoms with Crippen LogP contribution < -0.4 is 10.6 Å². The number of nitrogens with zero attached hydrogens (tertiary/aromatic N) is 1. The van der Waals surface area contributed by atoms with E-state index in [1.165, 1.54) is 0 Å². The lowest BCUT2D eigenvalue weighted by atomic mass is 9.97. The molecule has 1 saturated carbocycles. The predicted molar refractivity (Wildman–Crippen MR) is 146 cm³/mol. The summed E-state index contributed by atoms with van der Waals surface area (Å²) in [5.74, 6) is -0.348. The average molecular weight is 508 g/mol. The molecule has 7 heteroatoms. The van der Waals surface area contributed by atoms with E-state index in [9.17, 15) is 14.4 Å². The third kappa shape index (κ3) is 7.12. The smallest absolute Gasteiger partial charge is 0.408 e. The van der Waals surface area contributed by atoms with Crippen molar-refractivity contribution in [3.63, 3.8) is 0 Å². The SMILES string of the molecule is Cc1cc(C)cc(C(C(=O)Nc2c(C)cccc2C)N(C(=O)C(C)NC(=O)OC(C)(C)C)C2CC2C)c1. The van der Waals surface area contributed by atoms with E-state index in [1.807, 2.05) is 64.1 Å². The summed E-state index contributed by atoms with van der Waals surface area (Å²) in [7, 11) is 0. The summed E-state index contributed by atoms with van der Waals surface area (Å²) in [5, 5.41) is 5.78. The molecular formula is C30H41N3O4. The summed E-state index contributed by atoms with van der Waals surface area (Å²) in [6.07, 6.45) is 0.128. The summed E-state index contributed by atoms with van der Waals surface area (Å²) in [6.45, 7) is 16.9. The molecule has 1 aliphatic carbocycles. The number of ether oxygens (including phenoxy) is 1. The van der Waals surface area contributed by atoms with Crippen LogP contribution in [-0.2, 0) is 14.3 Å². The molecule has 0 spiro atoms. The number of carbonyl (C=O) groups is 3. The van der Waals surface area contributed by atoms with Gasteiger partial charge in [0, 0.05) is 11.7 Å². The monoisotopic (exact) mass is 507 g/mol. The van der Waals surface area contributed by atoms with Crippen LogP contribution in [0.2, 0.25) is 0 Å². The highest BCUT2D eigenvalue weighted by molar-refractivity contribution is 6.00. The molecule has 2 N–H and O–H groups in total. The summed E-state index contributed by atoms with van der Waals surface area (Å²) in [4.78, 5) is 42.1. The van der Waals surface area contributed by atoms with Crippen LogP contribution in [0.25, 0.3) is 0 Å². The summed E-state index contributed by atoms with van der Waals surface area (Å²) >= 11 is 0. The zero-order valence-electron chi connectivity index (χ0n) is 23.6. The molecule has 2 aromatic rings. The van der Waals surface area contributed by atoms with Gasteiger partial charge in [-0.3, -0.25) is 9.59 Å². The minimum atomic E-state index is -0.871. The average Bonchev–Trinajstić information content (AvgIpc) is 3.47. The molecule has 2 aromatic carbocycles. The van der Waals surface area contributed by atoms with Gasteiger partial charge >= 0.3 is 6.09 Å². The van der Waals surface area contributed by atoms with E-state index in [-0.39, 0.29) is 23.8 Å². The van der Waals surface area contributed by atoms with Gasteiger partial charge < -0.3 is 20.3 Å². The topological polar surface area (TPSA) is 87.7 Å². The van der Waals surface area contributed by atoms with Crippen molar-refractivity contribution < 1.29 is 19.1 Å². The van der Waals surface area contributed by atoms with Crippen molar-refractivity contribution in [1.29, 1.82) is 0 Å². The Hall–Kier alpha value is -3.35. The number of hydrogen-bond donors (Lipinski definition) is 2. The van der Waals surface area contributed by atoms with Gasteiger partial charge in [0.15, 0.2) is 0 Å². The van der Waals surface area contributed by atoms with E-state index >= 15 is 0 Å². The number of carbonyl (C=O) groups excluding carboxylic acids is 3. The highest BCUT2D eigenvalue weighted by Crippen LogP contribution is 2.41. The van der Waals surface area contributed by atoms with Gasteiger partial charge in [0.2, 0.25) is 5.91 Å². The van der Waals surface area contributed by atoms with Gasteiger partial charge in [-0.1, -0.05) is 54.4 Å². The van der Waals surface area contributed by atoms with Crippen molar-refractivity contribution >= 4 is 23.6 Å². The van der Waals surface area contributed by atoms with Gasteiger partial charge in [-0.25, -0.2) is 4.79 Å². The van der Waals surface area contributed by atoms with Crippen molar-refractivity contribution in [2.45, 2.75) is 92.5 Å². The largest absolute Gasteiger partial charge is 0.444 e. The first kappa shape index (κ1) is 28.2. The molecule has 3 rings (SSSR count). The first-order valence-corrected chi connectivity index (χ1v) is 12.9. The second-order valence-electron chi connectivity index (χ2n) is 11.5. The lowest BCUT2D eigenvalue weighted by Crippen LogP contribution is -2.52. The van der Waals surface area contributed by atoms with Crippen molar-refractivity contribution in [1.82, 2.24) is 10.2 Å². The minimum Gasteiger partial charge on any atom is -0.444 e. The van der Waals surface area contributed by atoms with E-state index in [0.29, 0.717) is 0 Å². The number of para-hydroxylation sites is 1. The molecule has 0 radical (unpaired) electrons. The minimum absolute atomic E-state index is 0.107. The van der Waals surface area contributed by atoms with Crippen molar-refractivity contribution in [3.8, 4) is 0 Å². The zero-order chi connectivity index (χ0) is 27.7. The van der Waals surface area contributed by atoms with Gasteiger partial charge in [0.25, 0.3) is 5.91 Å². The highest BCUT2D eigenvalue weighted by atomic mass is 16.6. The Morgan fingerprint density at radius 3 is 2.03 bits per heavy atom. The maximum absolute atomic E-state index is 14.0. The maximum Gasteiger partial charge on any atom is 0.408 e. The number of hydrogen-bond acceptors (Lipinski definition) is 4. The molecule has 200 valence electrons. The van der Waals surface area contributed by atoms with E-state index in [4.69, 9.17) is 4.74 Å². The Morgan fingerprint density at radius 2 is 1.54 bits per heavy atom. The number of alkyl carbamates (subject to hydrolysis) is 1. The maximum atomic E-state index is 14.0. The molecule has 1 aliphatic rings. The van der Waals surface area contributed by atoms with E-state index in [2.05, 4.69) is 17.6 Å². The first-order valence-electron chi connectivity index (χ1n) is 12.9. The van der Waals surface area contributed by atoms with E-state index in [0.717, 1.165) is 39.9 Å². The standard InChI is InChI=1S/C30H41N3O4/c1-17-13-18(2)15-23(14-17)26(27(34)32-25-19(3)11-10-12-20(25)4)33(24-16-21(24)5)28(35)22(6)31-29(36)37-30(7,8)9/h10-15,21-22,24,26H,16H2,1-9H3,(H,31,36)(H,32,34). The van der Waals surface area contributed by atoms with Gasteiger partial charge in [-0.15, -0.1) is 0 Å². The van der Waals surface area contributed by atoms with Crippen LogP contribution in [0.4, 0.5) is 10.5 Å². The number of rotatable bonds is 7. The fourth-order valence-corrected chi connectivity index (χ4v) is 4.75. The van der Waals surface area contributed by atoms with Crippen LogP contribution in [-0.4, -0.2) is 40.5 Å². The number of aryl methyl sites for hydroxylation is 4. The third-order valence-electron chi connectivity index (χ3n) is 6.60. The molecule has 37 heavy (non-hydrogen) atoms. The van der Waals surface area contributed by atoms with E-state index in [1.54, 1.807) is 32.6 Å². The Kier molecular flexibility index (Phi) is 8.35. The van der Waals surface area contributed by atoms with Crippen LogP contribution in [0.1, 0.15) is 74.9 Å². The Morgan fingerprint density at radius 1 is 1.00 bits per heavy atom. The summed E-state index contributed by atoms with van der Waals surface area (Å²) in [6, 6.07) is 9.98. The van der Waals surface area contributed by atoms with Gasteiger partial charge in [0.05, 0.1) is 0 Å². The molecule has 7 nitrogen and oxygen atoms in total. The zero-order valence-corrected chi connectivity index (χ0v) is 23.6. The lowest BCUT2D eigenvalue weighted by molar-refractivity contribution is -0.141. The molecule has 3 amide bonds. The number of benzene rings is 2. The van der Waals surface area contributed by atoms with Gasteiger partial charge in [-0.2, -0.15) is 0 Å². The Labute approximate surface area is 221 Å². The molecule has 0 aliphatic heterocycles. The molecule has 1 fully saturated rings. The fraction of sp³-hybridized carbons (Fsp3) is 0.500. The number of amides is 3. The summed E-state index contributed by atoms with van der Waals surface area (Å²) < 4.78 is 5.36. The predicted octanol–water partition coefficient (Wildman–Crippen LogP) is 5.75. The van der Waals surface area contributed by atoms with E-state index < -0.39 is 23.8 Å². The number of anilines is 1. The van der Waals surface area contributed by atoms with Gasteiger partial charge in [0.1, 0.15) is 17.7 Å². The normalized spacial score (nSPS) is 18.4. The molecular weight excluding hydrogens is 466 g/mol. The third-order valence-corrected chi connectivity index (χ3v) is 6.60. The molecule has 0 aromatic heterocycles. The Balaban J connectivity index is 2.02. The van der Waals surface area contributed by atoms with Crippen molar-refractivity contribution in [2.24, 2.45) is 5.92 Å². The van der Waals surface area contributed by atoms with Crippen LogP contribution in [0.3, 0.4) is 0 Å². The molecule has 4 atom stereocenters. The molecule has 0 bridgehead atoms. The molecule has 4 unspecified atom stereocenters. The quantitative estimate of drug-likeness (QED) is 0.499. The van der Waals surface area contributed by atoms with Crippen LogP contribution >= 0.6 is 0 Å². The van der Waals surface area contributed by atoms with Gasteiger partial charge in [-0.05, 0) is 84.4 Å². The van der Waals surface area contributed by atoms with Crippen molar-refractivity contribution in [2.75, 3.05) is 5.32 Å². The molecule has 0 heterocycles. The summed E-state index contributed by atoms with van der Waals surface area (Å²) in [5.41, 5.74) is 4.73. The second-order valence-corrected chi connectivity index (χ2v) is 11.5. The lowest BCUT2D eigenvalue weighted by Gasteiger charge is -2.34.